The zero-order valence-corrected chi connectivity index (χ0v) is 13.1. The summed E-state index contributed by atoms with van der Waals surface area (Å²) in [6.45, 7) is 4.20. The van der Waals surface area contributed by atoms with Crippen molar-refractivity contribution in [2.24, 2.45) is 17.6 Å². The summed E-state index contributed by atoms with van der Waals surface area (Å²) in [5.41, 5.74) is 5.99. The number of hydrogen-bond acceptors (Lipinski definition) is 3. The second-order valence-electron chi connectivity index (χ2n) is 6.60. The third kappa shape index (κ3) is 4.70. The number of amides is 2. The van der Waals surface area contributed by atoms with Crippen molar-refractivity contribution in [3.05, 3.63) is 0 Å². The molecule has 0 aromatic rings. The zero-order chi connectivity index (χ0) is 15.2. The first-order chi connectivity index (χ1) is 10.1. The Morgan fingerprint density at radius 3 is 2.62 bits per heavy atom. The van der Waals surface area contributed by atoms with E-state index in [-0.39, 0.29) is 23.8 Å². The Labute approximate surface area is 127 Å². The molecule has 0 bridgehead atoms. The topological polar surface area (TPSA) is 75.4 Å². The number of carbonyl (C=O) groups excluding carboxylic acids is 2. The normalized spacial score (nSPS) is 27.4. The summed E-state index contributed by atoms with van der Waals surface area (Å²) in [5.74, 6) is 0.629. The number of carbonyl (C=O) groups is 2. The average molecular weight is 295 g/mol. The van der Waals surface area contributed by atoms with Gasteiger partial charge in [0, 0.05) is 38.0 Å². The van der Waals surface area contributed by atoms with Crippen molar-refractivity contribution in [3.63, 3.8) is 0 Å². The number of nitrogens with one attached hydrogen (secondary N) is 1. The molecule has 5 heteroatoms. The Hall–Kier alpha value is -1.10. The molecule has 1 heterocycles. The van der Waals surface area contributed by atoms with Crippen LogP contribution in [-0.2, 0) is 9.59 Å². The molecule has 0 aromatic heterocycles. The fraction of sp³-hybridized carbons (Fsp3) is 0.875. The summed E-state index contributed by atoms with van der Waals surface area (Å²) in [5, 5.41) is 2.92. The second kappa shape index (κ2) is 7.78. The molecule has 120 valence electrons. The molecule has 0 aromatic carbocycles. The molecule has 1 saturated carbocycles. The highest BCUT2D eigenvalue weighted by atomic mass is 16.2. The van der Waals surface area contributed by atoms with E-state index in [9.17, 15) is 9.59 Å². The molecule has 0 spiro atoms. The summed E-state index contributed by atoms with van der Waals surface area (Å²) >= 11 is 0. The Bertz CT molecular complexity index is 367. The number of nitrogens with zero attached hydrogens (tertiary/aromatic N) is 1. The van der Waals surface area contributed by atoms with E-state index in [1.165, 1.54) is 0 Å². The van der Waals surface area contributed by atoms with Crippen molar-refractivity contribution in [2.45, 2.75) is 57.9 Å². The van der Waals surface area contributed by atoms with Gasteiger partial charge in [0.2, 0.25) is 11.8 Å². The molecule has 5 nitrogen and oxygen atoms in total. The lowest BCUT2D eigenvalue weighted by atomic mass is 9.78. The van der Waals surface area contributed by atoms with Gasteiger partial charge in [0.25, 0.3) is 0 Å². The number of rotatable bonds is 5. The quantitative estimate of drug-likeness (QED) is 0.802. The van der Waals surface area contributed by atoms with Gasteiger partial charge in [-0.2, -0.15) is 0 Å². The van der Waals surface area contributed by atoms with Crippen LogP contribution in [0.2, 0.25) is 0 Å². The van der Waals surface area contributed by atoms with Crippen LogP contribution < -0.4 is 11.1 Å². The molecule has 2 amide bonds. The van der Waals surface area contributed by atoms with E-state index in [0.717, 1.165) is 51.6 Å². The van der Waals surface area contributed by atoms with Crippen LogP contribution in [0.25, 0.3) is 0 Å². The SMILES string of the molecule is CC(C(=O)NCCC(=O)N1CCCC1)C1CCCC(N)C1. The van der Waals surface area contributed by atoms with Crippen molar-refractivity contribution in [1.82, 2.24) is 10.2 Å². The van der Waals surface area contributed by atoms with Gasteiger partial charge in [0.15, 0.2) is 0 Å². The minimum atomic E-state index is -0.00163. The standard InChI is InChI=1S/C16H29N3O2/c1-12(13-5-4-6-14(17)11-13)16(21)18-8-7-15(20)19-9-2-3-10-19/h12-14H,2-11,17H2,1H3,(H,18,21). The van der Waals surface area contributed by atoms with Gasteiger partial charge in [0.1, 0.15) is 0 Å². The largest absolute Gasteiger partial charge is 0.355 e. The smallest absolute Gasteiger partial charge is 0.224 e. The van der Waals surface area contributed by atoms with E-state index in [1.807, 2.05) is 11.8 Å². The van der Waals surface area contributed by atoms with E-state index < -0.39 is 0 Å². The predicted molar refractivity (Wildman–Crippen MR) is 82.5 cm³/mol. The molecule has 2 fully saturated rings. The highest BCUT2D eigenvalue weighted by Crippen LogP contribution is 2.29. The van der Waals surface area contributed by atoms with Crippen molar-refractivity contribution in [2.75, 3.05) is 19.6 Å². The molecule has 21 heavy (non-hydrogen) atoms. The molecular weight excluding hydrogens is 266 g/mol. The fourth-order valence-electron chi connectivity index (χ4n) is 3.51. The van der Waals surface area contributed by atoms with Crippen LogP contribution >= 0.6 is 0 Å². The molecule has 3 unspecified atom stereocenters. The lowest BCUT2D eigenvalue weighted by Crippen LogP contribution is -2.39. The predicted octanol–water partition coefficient (Wildman–Crippen LogP) is 1.27. The Morgan fingerprint density at radius 2 is 1.95 bits per heavy atom. The summed E-state index contributed by atoms with van der Waals surface area (Å²) in [6.07, 6.45) is 6.87. The van der Waals surface area contributed by atoms with E-state index >= 15 is 0 Å². The summed E-state index contributed by atoms with van der Waals surface area (Å²) in [6, 6.07) is 0.246. The van der Waals surface area contributed by atoms with E-state index in [4.69, 9.17) is 5.73 Å². The Balaban J connectivity index is 1.67. The molecule has 3 atom stereocenters. The maximum absolute atomic E-state index is 12.2. The van der Waals surface area contributed by atoms with E-state index in [2.05, 4.69) is 5.32 Å². The second-order valence-corrected chi connectivity index (χ2v) is 6.60. The fourth-order valence-corrected chi connectivity index (χ4v) is 3.51. The summed E-state index contributed by atoms with van der Waals surface area (Å²) in [4.78, 5) is 26.0. The molecule has 1 saturated heterocycles. The summed E-state index contributed by atoms with van der Waals surface area (Å²) < 4.78 is 0. The average Bonchev–Trinajstić information content (AvgIpc) is 3.00. The minimum Gasteiger partial charge on any atom is -0.355 e. The van der Waals surface area contributed by atoms with Crippen molar-refractivity contribution in [3.8, 4) is 0 Å². The first-order valence-corrected chi connectivity index (χ1v) is 8.39. The maximum atomic E-state index is 12.2. The highest BCUT2D eigenvalue weighted by Gasteiger charge is 2.28. The highest BCUT2D eigenvalue weighted by molar-refractivity contribution is 5.80. The summed E-state index contributed by atoms with van der Waals surface area (Å²) in [7, 11) is 0. The van der Waals surface area contributed by atoms with Gasteiger partial charge < -0.3 is 16.0 Å². The first-order valence-electron chi connectivity index (χ1n) is 8.39. The molecular formula is C16H29N3O2. The van der Waals surface area contributed by atoms with E-state index in [0.29, 0.717) is 18.9 Å². The third-order valence-electron chi connectivity index (χ3n) is 4.97. The van der Waals surface area contributed by atoms with Gasteiger partial charge >= 0.3 is 0 Å². The van der Waals surface area contributed by atoms with Gasteiger partial charge in [-0.3, -0.25) is 9.59 Å². The van der Waals surface area contributed by atoms with Gasteiger partial charge in [-0.05, 0) is 38.0 Å². The van der Waals surface area contributed by atoms with Crippen LogP contribution in [0.5, 0.6) is 0 Å². The molecule has 3 N–H and O–H groups in total. The van der Waals surface area contributed by atoms with Gasteiger partial charge in [-0.1, -0.05) is 13.3 Å². The van der Waals surface area contributed by atoms with Crippen LogP contribution in [0.15, 0.2) is 0 Å². The van der Waals surface area contributed by atoms with Crippen LogP contribution in [-0.4, -0.2) is 42.4 Å². The number of likely N-dealkylation sites (tertiary alicyclic amines) is 1. The van der Waals surface area contributed by atoms with Gasteiger partial charge in [-0.25, -0.2) is 0 Å². The van der Waals surface area contributed by atoms with Crippen molar-refractivity contribution in [1.29, 1.82) is 0 Å². The minimum absolute atomic E-state index is 0.00163. The van der Waals surface area contributed by atoms with E-state index in [1.54, 1.807) is 0 Å². The molecule has 1 aliphatic carbocycles. The van der Waals surface area contributed by atoms with Crippen LogP contribution in [0.1, 0.15) is 51.9 Å². The lowest BCUT2D eigenvalue weighted by Gasteiger charge is -2.30. The van der Waals surface area contributed by atoms with Gasteiger partial charge in [0.05, 0.1) is 0 Å². The van der Waals surface area contributed by atoms with Crippen LogP contribution in [0.3, 0.4) is 0 Å². The number of hydrogen-bond donors (Lipinski definition) is 2. The zero-order valence-electron chi connectivity index (χ0n) is 13.1. The molecule has 0 radical (unpaired) electrons. The maximum Gasteiger partial charge on any atom is 0.224 e. The number of nitrogens with two attached hydrogens (primary N) is 1. The molecule has 1 aliphatic heterocycles. The van der Waals surface area contributed by atoms with Crippen LogP contribution in [0.4, 0.5) is 0 Å². The van der Waals surface area contributed by atoms with Crippen molar-refractivity contribution >= 4 is 11.8 Å². The monoisotopic (exact) mass is 295 g/mol. The Kier molecular flexibility index (Phi) is 6.03. The molecule has 2 rings (SSSR count). The molecule has 2 aliphatic rings. The van der Waals surface area contributed by atoms with Crippen LogP contribution in [0, 0.1) is 11.8 Å². The third-order valence-corrected chi connectivity index (χ3v) is 4.97. The van der Waals surface area contributed by atoms with Crippen molar-refractivity contribution < 1.29 is 9.59 Å². The Morgan fingerprint density at radius 1 is 1.24 bits per heavy atom. The first kappa shape index (κ1) is 16.3. The van der Waals surface area contributed by atoms with Gasteiger partial charge in [-0.15, -0.1) is 0 Å². The lowest BCUT2D eigenvalue weighted by molar-refractivity contribution is -0.130.